The standard InChI is InChI=1S/C20H26N4O3/c1-22(2)13-17(15-8-6-5-7-9-15)21-20(27)16-10-11-18(25)24(12-16)14-19(26)23(3)4/h5-12,17H,13-14H2,1-4H3,(H,21,27). The highest BCUT2D eigenvalue weighted by atomic mass is 16.2. The maximum absolute atomic E-state index is 12.8. The topological polar surface area (TPSA) is 74.6 Å². The summed E-state index contributed by atoms with van der Waals surface area (Å²) >= 11 is 0. The molecule has 0 bridgehead atoms. The van der Waals surface area contributed by atoms with E-state index < -0.39 is 0 Å². The molecule has 0 spiro atoms. The van der Waals surface area contributed by atoms with Gasteiger partial charge in [-0.3, -0.25) is 14.4 Å². The third-order valence-electron chi connectivity index (χ3n) is 4.11. The monoisotopic (exact) mass is 370 g/mol. The van der Waals surface area contributed by atoms with Crippen LogP contribution in [0.4, 0.5) is 0 Å². The minimum Gasteiger partial charge on any atom is -0.347 e. The SMILES string of the molecule is CN(C)CC(NC(=O)c1ccc(=O)n(CC(=O)N(C)C)c1)c1ccccc1. The molecule has 7 nitrogen and oxygen atoms in total. The second kappa shape index (κ2) is 9.14. The van der Waals surface area contributed by atoms with Crippen molar-refractivity contribution in [2.24, 2.45) is 0 Å². The average Bonchev–Trinajstić information content (AvgIpc) is 2.63. The van der Waals surface area contributed by atoms with E-state index in [-0.39, 0.29) is 30.0 Å². The zero-order chi connectivity index (χ0) is 20.0. The van der Waals surface area contributed by atoms with Crippen LogP contribution in [0, 0.1) is 0 Å². The van der Waals surface area contributed by atoms with Crippen LogP contribution in [0.15, 0.2) is 53.5 Å². The van der Waals surface area contributed by atoms with E-state index >= 15 is 0 Å². The number of nitrogens with one attached hydrogen (secondary N) is 1. The van der Waals surface area contributed by atoms with Gasteiger partial charge in [0.1, 0.15) is 6.54 Å². The second-order valence-corrected chi connectivity index (χ2v) is 6.87. The fraction of sp³-hybridized carbons (Fsp3) is 0.350. The highest BCUT2D eigenvalue weighted by molar-refractivity contribution is 5.94. The van der Waals surface area contributed by atoms with Crippen LogP contribution in [0.3, 0.4) is 0 Å². The van der Waals surface area contributed by atoms with Crippen molar-refractivity contribution >= 4 is 11.8 Å². The fourth-order valence-corrected chi connectivity index (χ4v) is 2.60. The number of carbonyl (C=O) groups is 2. The smallest absolute Gasteiger partial charge is 0.253 e. The molecule has 7 heteroatoms. The van der Waals surface area contributed by atoms with Crippen LogP contribution in [-0.4, -0.2) is 60.9 Å². The first kappa shape index (κ1) is 20.4. The van der Waals surface area contributed by atoms with Crippen LogP contribution in [0.1, 0.15) is 22.0 Å². The molecule has 0 aliphatic carbocycles. The van der Waals surface area contributed by atoms with Gasteiger partial charge in [0.2, 0.25) is 5.91 Å². The number of pyridine rings is 1. The number of hydrogen-bond acceptors (Lipinski definition) is 4. The summed E-state index contributed by atoms with van der Waals surface area (Å²) in [4.78, 5) is 40.0. The summed E-state index contributed by atoms with van der Waals surface area (Å²) in [6.45, 7) is 0.529. The minimum absolute atomic E-state index is 0.104. The van der Waals surface area contributed by atoms with Crippen LogP contribution in [-0.2, 0) is 11.3 Å². The van der Waals surface area contributed by atoms with Crippen LogP contribution in [0.25, 0.3) is 0 Å². The van der Waals surface area contributed by atoms with Gasteiger partial charge in [-0.1, -0.05) is 30.3 Å². The normalized spacial score (nSPS) is 11.9. The molecule has 0 fully saturated rings. The van der Waals surface area contributed by atoms with Crippen molar-refractivity contribution < 1.29 is 9.59 Å². The Bertz CT molecular complexity index is 844. The van der Waals surface area contributed by atoms with Crippen LogP contribution < -0.4 is 10.9 Å². The van der Waals surface area contributed by atoms with E-state index in [4.69, 9.17) is 0 Å². The summed E-state index contributed by atoms with van der Waals surface area (Å²) in [6, 6.07) is 12.3. The summed E-state index contributed by atoms with van der Waals surface area (Å²) in [7, 11) is 7.12. The zero-order valence-corrected chi connectivity index (χ0v) is 16.2. The van der Waals surface area contributed by atoms with Crippen molar-refractivity contribution in [2.45, 2.75) is 12.6 Å². The van der Waals surface area contributed by atoms with Gasteiger partial charge in [0.15, 0.2) is 0 Å². The number of rotatable bonds is 7. The third-order valence-corrected chi connectivity index (χ3v) is 4.11. The lowest BCUT2D eigenvalue weighted by Gasteiger charge is -2.23. The fourth-order valence-electron chi connectivity index (χ4n) is 2.60. The molecule has 0 saturated carbocycles. The Morgan fingerprint density at radius 1 is 1.04 bits per heavy atom. The van der Waals surface area contributed by atoms with Gasteiger partial charge in [-0.2, -0.15) is 0 Å². The lowest BCUT2D eigenvalue weighted by Crippen LogP contribution is -2.36. The molecule has 2 rings (SSSR count). The quantitative estimate of drug-likeness (QED) is 0.788. The molecular formula is C20H26N4O3. The predicted molar refractivity (Wildman–Crippen MR) is 105 cm³/mol. The number of carbonyl (C=O) groups excluding carboxylic acids is 2. The minimum atomic E-state index is -0.324. The van der Waals surface area contributed by atoms with Crippen LogP contribution in [0.5, 0.6) is 0 Å². The summed E-state index contributed by atoms with van der Waals surface area (Å²) in [5.74, 6) is -0.513. The number of likely N-dealkylation sites (N-methyl/N-ethyl adjacent to an activating group) is 2. The highest BCUT2D eigenvalue weighted by Gasteiger charge is 2.17. The molecule has 0 aliphatic heterocycles. The van der Waals surface area contributed by atoms with Crippen LogP contribution >= 0.6 is 0 Å². The lowest BCUT2D eigenvalue weighted by molar-refractivity contribution is -0.129. The Morgan fingerprint density at radius 3 is 2.30 bits per heavy atom. The van der Waals surface area contributed by atoms with E-state index in [0.29, 0.717) is 12.1 Å². The second-order valence-electron chi connectivity index (χ2n) is 6.87. The highest BCUT2D eigenvalue weighted by Crippen LogP contribution is 2.14. The first-order valence-electron chi connectivity index (χ1n) is 8.69. The van der Waals surface area contributed by atoms with Gasteiger partial charge >= 0.3 is 0 Å². The Morgan fingerprint density at radius 2 is 1.70 bits per heavy atom. The number of amides is 2. The molecule has 0 saturated heterocycles. The van der Waals surface area contributed by atoms with E-state index in [1.165, 1.54) is 27.8 Å². The van der Waals surface area contributed by atoms with E-state index in [2.05, 4.69) is 5.32 Å². The molecule has 1 heterocycles. The molecular weight excluding hydrogens is 344 g/mol. The molecule has 1 unspecified atom stereocenters. The molecule has 2 amide bonds. The molecule has 2 aromatic rings. The summed E-state index contributed by atoms with van der Waals surface area (Å²) in [5.41, 5.74) is 1.01. The average molecular weight is 370 g/mol. The van der Waals surface area contributed by atoms with E-state index in [1.807, 2.05) is 49.3 Å². The first-order chi connectivity index (χ1) is 12.8. The van der Waals surface area contributed by atoms with Crippen molar-refractivity contribution in [3.05, 3.63) is 70.1 Å². The maximum Gasteiger partial charge on any atom is 0.253 e. The van der Waals surface area contributed by atoms with Crippen molar-refractivity contribution in [1.82, 2.24) is 19.7 Å². The number of aromatic nitrogens is 1. The van der Waals surface area contributed by atoms with Gasteiger partial charge in [0, 0.05) is 32.9 Å². The van der Waals surface area contributed by atoms with Gasteiger partial charge in [0.05, 0.1) is 11.6 Å². The first-order valence-corrected chi connectivity index (χ1v) is 8.69. The maximum atomic E-state index is 12.8. The van der Waals surface area contributed by atoms with E-state index in [0.717, 1.165) is 5.56 Å². The van der Waals surface area contributed by atoms with Gasteiger partial charge in [0.25, 0.3) is 11.5 Å². The molecule has 1 aromatic carbocycles. The number of benzene rings is 1. The number of hydrogen-bond donors (Lipinski definition) is 1. The third kappa shape index (κ3) is 5.79. The van der Waals surface area contributed by atoms with E-state index in [1.54, 1.807) is 14.1 Å². The summed E-state index contributed by atoms with van der Waals surface area (Å²) in [5, 5.41) is 3.01. The molecule has 0 aliphatic rings. The number of nitrogens with zero attached hydrogens (tertiary/aromatic N) is 3. The molecule has 27 heavy (non-hydrogen) atoms. The van der Waals surface area contributed by atoms with Gasteiger partial charge in [-0.15, -0.1) is 0 Å². The summed E-state index contributed by atoms with van der Waals surface area (Å²) in [6.07, 6.45) is 1.43. The van der Waals surface area contributed by atoms with Gasteiger partial charge in [-0.25, -0.2) is 0 Å². The van der Waals surface area contributed by atoms with Gasteiger partial charge < -0.3 is 19.7 Å². The Hall–Kier alpha value is -2.93. The largest absolute Gasteiger partial charge is 0.347 e. The molecule has 0 radical (unpaired) electrons. The molecule has 1 N–H and O–H groups in total. The van der Waals surface area contributed by atoms with E-state index in [9.17, 15) is 14.4 Å². The van der Waals surface area contributed by atoms with Crippen molar-refractivity contribution in [3.8, 4) is 0 Å². The van der Waals surface area contributed by atoms with Crippen LogP contribution in [0.2, 0.25) is 0 Å². The Labute approximate surface area is 159 Å². The Kier molecular flexibility index (Phi) is 6.90. The van der Waals surface area contributed by atoms with Crippen molar-refractivity contribution in [2.75, 3.05) is 34.7 Å². The van der Waals surface area contributed by atoms with Crippen molar-refractivity contribution in [1.29, 1.82) is 0 Å². The predicted octanol–water partition coefficient (Wildman–Crippen LogP) is 0.969. The Balaban J connectivity index is 2.22. The molecule has 1 aromatic heterocycles. The molecule has 1 atom stereocenters. The summed E-state index contributed by atoms with van der Waals surface area (Å²) < 4.78 is 1.25. The van der Waals surface area contributed by atoms with Crippen molar-refractivity contribution in [3.63, 3.8) is 0 Å². The zero-order valence-electron chi connectivity index (χ0n) is 16.2. The molecule has 144 valence electrons. The van der Waals surface area contributed by atoms with Gasteiger partial charge in [-0.05, 0) is 25.7 Å². The lowest BCUT2D eigenvalue weighted by atomic mass is 10.1.